The van der Waals surface area contributed by atoms with Gasteiger partial charge < -0.3 is 15.4 Å². The first-order chi connectivity index (χ1) is 14.5. The minimum atomic E-state index is -4.52. The number of hydrogen-bond donors (Lipinski definition) is 5. The van der Waals surface area contributed by atoms with Gasteiger partial charge in [-0.05, 0) is 18.2 Å². The van der Waals surface area contributed by atoms with E-state index >= 15 is 0 Å². The van der Waals surface area contributed by atoms with Crippen molar-refractivity contribution in [3.8, 4) is 6.01 Å². The van der Waals surface area contributed by atoms with Crippen LogP contribution in [0.25, 0.3) is 0 Å². The number of methoxy groups -OCH3 is 1. The molecule has 15 nitrogen and oxygen atoms in total. The highest BCUT2D eigenvalue weighted by Crippen LogP contribution is 2.32. The Morgan fingerprint density at radius 3 is 2.42 bits per heavy atom. The van der Waals surface area contributed by atoms with Gasteiger partial charge in [0.2, 0.25) is 21.9 Å². The van der Waals surface area contributed by atoms with Gasteiger partial charge in [-0.15, -0.1) is 4.33 Å². The molecule has 0 saturated heterocycles. The number of aromatic nitrogens is 3. The molecule has 0 aliphatic carbocycles. The highest BCUT2D eigenvalue weighted by atomic mass is 32.2. The second-order valence-corrected chi connectivity index (χ2v) is 9.54. The predicted octanol–water partition coefficient (Wildman–Crippen LogP) is 0.260. The summed E-state index contributed by atoms with van der Waals surface area (Å²) >= 11 is 0.525. The molecule has 1 aromatic heterocycles. The van der Waals surface area contributed by atoms with Crippen LogP contribution in [0.3, 0.4) is 0 Å². The molecule has 0 unspecified atom stereocenters. The van der Waals surface area contributed by atoms with Gasteiger partial charge in [0.15, 0.2) is 0 Å². The van der Waals surface area contributed by atoms with E-state index in [1.807, 2.05) is 0 Å². The van der Waals surface area contributed by atoms with Gasteiger partial charge in [0.1, 0.15) is 0 Å². The van der Waals surface area contributed by atoms with Crippen LogP contribution in [-0.2, 0) is 29.5 Å². The molecule has 0 amide bonds. The Labute approximate surface area is 181 Å². The average Bonchev–Trinajstić information content (AvgIpc) is 2.68. The number of hydrogen-bond acceptors (Lipinski definition) is 14. The first kappa shape index (κ1) is 24.9. The molecule has 172 valence electrons. The van der Waals surface area contributed by atoms with Gasteiger partial charge in [0.25, 0.3) is 10.1 Å². The van der Waals surface area contributed by atoms with Crippen LogP contribution in [0.1, 0.15) is 0 Å². The van der Waals surface area contributed by atoms with E-state index < -0.39 is 25.0 Å². The van der Waals surface area contributed by atoms with Gasteiger partial charge in [0.05, 0.1) is 40.9 Å². The van der Waals surface area contributed by atoms with Gasteiger partial charge in [0, 0.05) is 13.1 Å². The zero-order valence-electron chi connectivity index (χ0n) is 16.0. The number of rotatable bonds is 12. The Bertz CT molecular complexity index is 1110. The normalized spacial score (nSPS) is 11.9. The van der Waals surface area contributed by atoms with Crippen molar-refractivity contribution in [1.82, 2.24) is 19.7 Å². The topological polar surface area (TPSA) is 211 Å². The molecule has 5 N–H and O–H groups in total. The van der Waals surface area contributed by atoms with Gasteiger partial charge in [-0.2, -0.15) is 23.4 Å². The molecule has 0 bridgehead atoms. The van der Waals surface area contributed by atoms with Crippen molar-refractivity contribution in [3.63, 3.8) is 0 Å². The third kappa shape index (κ3) is 8.38. The lowest BCUT2D eigenvalue weighted by molar-refractivity contribution is -0.432. The van der Waals surface area contributed by atoms with Crippen molar-refractivity contribution in [2.45, 2.75) is 9.79 Å². The molecule has 31 heavy (non-hydrogen) atoms. The minimum Gasteiger partial charge on any atom is -0.467 e. The van der Waals surface area contributed by atoms with Crippen molar-refractivity contribution in [1.29, 1.82) is 0 Å². The van der Waals surface area contributed by atoms with E-state index in [9.17, 15) is 21.4 Å². The van der Waals surface area contributed by atoms with E-state index in [2.05, 4.69) is 39.7 Å². The summed E-state index contributed by atoms with van der Waals surface area (Å²) < 4.78 is 66.0. The van der Waals surface area contributed by atoms with E-state index in [0.717, 1.165) is 18.4 Å². The fourth-order valence-electron chi connectivity index (χ4n) is 2.01. The SMILES string of the molecule is COc1nc(NCCNS(C)(=O)=O)nc(Nc2cc(S(=O)(=O)O)ccc2SOOO)n1. The standard InChI is InChI=1S/C13H18N6O9S3/c1-26-13-18-11(14-5-6-15-30(2,21)22)17-12(19-13)16-9-7-8(31(23,24)25)3-4-10(9)29-28-27-20/h3-4,7,15,20H,5-6H2,1-2H3,(H,23,24,25)(H2,14,16,17,18,19). The summed E-state index contributed by atoms with van der Waals surface area (Å²) in [6, 6.07) is 3.33. The van der Waals surface area contributed by atoms with E-state index in [-0.39, 0.29) is 41.6 Å². The fourth-order valence-corrected chi connectivity index (χ4v) is 3.41. The third-order valence-corrected chi connectivity index (χ3v) is 5.46. The summed E-state index contributed by atoms with van der Waals surface area (Å²) in [7, 11) is -6.57. The molecule has 0 aliphatic heterocycles. The smallest absolute Gasteiger partial charge is 0.322 e. The predicted molar refractivity (Wildman–Crippen MR) is 108 cm³/mol. The zero-order valence-corrected chi connectivity index (χ0v) is 18.4. The van der Waals surface area contributed by atoms with Crippen LogP contribution >= 0.6 is 12.0 Å². The number of ether oxygens (including phenoxy) is 1. The quantitative estimate of drug-likeness (QED) is 0.0873. The maximum absolute atomic E-state index is 11.4. The van der Waals surface area contributed by atoms with Crippen molar-refractivity contribution < 1.29 is 40.8 Å². The van der Waals surface area contributed by atoms with E-state index in [4.69, 9.17) is 9.99 Å². The van der Waals surface area contributed by atoms with Crippen LogP contribution in [0.4, 0.5) is 17.6 Å². The molecule has 2 rings (SSSR count). The lowest BCUT2D eigenvalue weighted by atomic mass is 10.3. The number of sulfonamides is 1. The monoisotopic (exact) mass is 498 g/mol. The molecule has 0 aliphatic rings. The molecule has 18 heteroatoms. The third-order valence-electron chi connectivity index (χ3n) is 3.22. The minimum absolute atomic E-state index is 0.0275. The van der Waals surface area contributed by atoms with Crippen LogP contribution in [0.2, 0.25) is 0 Å². The molecule has 0 saturated carbocycles. The van der Waals surface area contributed by atoms with Gasteiger partial charge in [-0.25, -0.2) is 18.4 Å². The second kappa shape index (κ2) is 10.8. The highest BCUT2D eigenvalue weighted by Gasteiger charge is 2.16. The van der Waals surface area contributed by atoms with E-state index in [0.29, 0.717) is 12.0 Å². The Kier molecular flexibility index (Phi) is 8.70. The van der Waals surface area contributed by atoms with Crippen LogP contribution < -0.4 is 20.1 Å². The van der Waals surface area contributed by atoms with Crippen LogP contribution in [0, 0.1) is 0 Å². The zero-order chi connectivity index (χ0) is 23.1. The molecule has 0 radical (unpaired) electrons. The summed E-state index contributed by atoms with van der Waals surface area (Å²) in [5.74, 6) is -0.0654. The van der Waals surface area contributed by atoms with Crippen LogP contribution in [-0.4, -0.2) is 68.1 Å². The average molecular weight is 499 g/mol. The maximum atomic E-state index is 11.4. The summed E-state index contributed by atoms with van der Waals surface area (Å²) in [6.45, 7) is 0.200. The molecule has 0 spiro atoms. The molecule has 2 aromatic rings. The first-order valence-electron chi connectivity index (χ1n) is 8.03. The Balaban J connectivity index is 2.29. The van der Waals surface area contributed by atoms with Crippen molar-refractivity contribution >= 4 is 49.8 Å². The summed E-state index contributed by atoms with van der Waals surface area (Å²) in [4.78, 5) is 11.8. The first-order valence-corrected chi connectivity index (χ1v) is 12.1. The lowest BCUT2D eigenvalue weighted by Gasteiger charge is -2.12. The number of benzene rings is 1. The summed E-state index contributed by atoms with van der Waals surface area (Å²) in [5, 5.41) is 17.4. The molecule has 0 atom stereocenters. The van der Waals surface area contributed by atoms with Crippen molar-refractivity contribution in [2.24, 2.45) is 0 Å². The maximum Gasteiger partial charge on any atom is 0.322 e. The number of nitrogens with one attached hydrogen (secondary N) is 3. The Morgan fingerprint density at radius 2 is 1.81 bits per heavy atom. The van der Waals surface area contributed by atoms with Crippen LogP contribution in [0.15, 0.2) is 28.0 Å². The molecular weight excluding hydrogens is 480 g/mol. The molecule has 1 heterocycles. The van der Waals surface area contributed by atoms with Gasteiger partial charge in [-0.1, -0.05) is 5.04 Å². The van der Waals surface area contributed by atoms with Crippen LogP contribution in [0.5, 0.6) is 6.01 Å². The van der Waals surface area contributed by atoms with Crippen molar-refractivity contribution in [2.75, 3.05) is 37.1 Å². The van der Waals surface area contributed by atoms with Crippen molar-refractivity contribution in [3.05, 3.63) is 18.2 Å². The summed E-state index contributed by atoms with van der Waals surface area (Å²) in [5.41, 5.74) is 0.0649. The Hall–Kier alpha value is -2.32. The largest absolute Gasteiger partial charge is 0.467 e. The summed E-state index contributed by atoms with van der Waals surface area (Å²) in [6.07, 6.45) is 1.02. The lowest BCUT2D eigenvalue weighted by Crippen LogP contribution is -2.28. The van der Waals surface area contributed by atoms with Gasteiger partial charge >= 0.3 is 6.01 Å². The number of anilines is 3. The fraction of sp³-hybridized carbons (Fsp3) is 0.308. The molecular formula is C13H18N6O9S3. The van der Waals surface area contributed by atoms with E-state index in [1.165, 1.54) is 13.2 Å². The molecule has 0 fully saturated rings. The number of nitrogens with zero attached hydrogens (tertiary/aromatic N) is 3. The second-order valence-electron chi connectivity index (χ2n) is 5.55. The van der Waals surface area contributed by atoms with E-state index in [1.54, 1.807) is 0 Å². The highest BCUT2D eigenvalue weighted by molar-refractivity contribution is 7.94. The van der Waals surface area contributed by atoms with Gasteiger partial charge in [-0.3, -0.25) is 4.55 Å². The molecule has 1 aromatic carbocycles. The Morgan fingerprint density at radius 1 is 1.10 bits per heavy atom.